The molecule has 1 aromatic carbocycles. The van der Waals surface area contributed by atoms with Crippen molar-refractivity contribution < 1.29 is 13.9 Å². The predicted octanol–water partition coefficient (Wildman–Crippen LogP) is 2.11. The summed E-state index contributed by atoms with van der Waals surface area (Å²) in [6.45, 7) is 5.10. The minimum absolute atomic E-state index is 0.155. The Morgan fingerprint density at radius 2 is 1.97 bits per heavy atom. The van der Waals surface area contributed by atoms with Gasteiger partial charge in [0.05, 0.1) is 12.6 Å². The Hall–Kier alpha value is -2.84. The zero-order valence-electron chi connectivity index (χ0n) is 18.2. The third kappa shape index (κ3) is 7.73. The Bertz CT molecular complexity index is 829. The number of likely N-dealkylation sites (tertiary alicyclic amines) is 1. The molecule has 0 atom stereocenters. The number of hydrogen-bond donors (Lipinski definition) is 3. The van der Waals surface area contributed by atoms with E-state index in [4.69, 9.17) is 14.9 Å². The first-order chi connectivity index (χ1) is 15.1. The van der Waals surface area contributed by atoms with E-state index >= 15 is 0 Å². The summed E-state index contributed by atoms with van der Waals surface area (Å²) in [5, 5.41) is 6.41. The van der Waals surface area contributed by atoms with Crippen molar-refractivity contribution in [2.45, 2.75) is 38.5 Å². The molecule has 8 nitrogen and oxygen atoms in total. The summed E-state index contributed by atoms with van der Waals surface area (Å²) in [6, 6.07) is 13.9. The van der Waals surface area contributed by atoms with E-state index in [0.717, 1.165) is 52.0 Å². The van der Waals surface area contributed by atoms with E-state index in [1.165, 1.54) is 5.56 Å². The van der Waals surface area contributed by atoms with Crippen molar-refractivity contribution in [1.82, 2.24) is 15.5 Å². The molecule has 1 fully saturated rings. The van der Waals surface area contributed by atoms with Crippen molar-refractivity contribution in [3.05, 3.63) is 59.5 Å². The Morgan fingerprint density at radius 3 is 2.65 bits per heavy atom. The monoisotopic (exact) mass is 427 g/mol. The van der Waals surface area contributed by atoms with Gasteiger partial charge in [-0.25, -0.2) is 0 Å². The van der Waals surface area contributed by atoms with E-state index < -0.39 is 5.91 Å². The third-order valence-corrected chi connectivity index (χ3v) is 5.31. The molecule has 0 spiro atoms. The molecule has 0 unspecified atom stereocenters. The first-order valence-corrected chi connectivity index (χ1v) is 10.8. The van der Waals surface area contributed by atoms with Gasteiger partial charge < -0.3 is 25.5 Å². The van der Waals surface area contributed by atoms with Gasteiger partial charge in [-0.05, 0) is 37.0 Å². The zero-order valence-corrected chi connectivity index (χ0v) is 18.2. The van der Waals surface area contributed by atoms with Gasteiger partial charge in [0.25, 0.3) is 5.91 Å². The Labute approximate surface area is 183 Å². The van der Waals surface area contributed by atoms with Crippen LogP contribution in [0.1, 0.15) is 41.1 Å². The number of furan rings is 1. The van der Waals surface area contributed by atoms with Gasteiger partial charge in [-0.2, -0.15) is 0 Å². The molecule has 8 heteroatoms. The number of nitrogens with zero attached hydrogens (tertiary/aromatic N) is 2. The van der Waals surface area contributed by atoms with Crippen LogP contribution < -0.4 is 16.4 Å². The molecule has 1 amide bonds. The van der Waals surface area contributed by atoms with E-state index in [0.29, 0.717) is 24.4 Å². The van der Waals surface area contributed by atoms with Crippen molar-refractivity contribution in [2.24, 2.45) is 10.7 Å². The molecule has 1 aliphatic heterocycles. The minimum atomic E-state index is -0.573. The summed E-state index contributed by atoms with van der Waals surface area (Å²) >= 11 is 0. The molecule has 31 heavy (non-hydrogen) atoms. The number of hydrogen-bond acceptors (Lipinski definition) is 5. The number of benzene rings is 1. The second kappa shape index (κ2) is 12.1. The van der Waals surface area contributed by atoms with Crippen LogP contribution in [0.25, 0.3) is 0 Å². The van der Waals surface area contributed by atoms with Crippen LogP contribution in [0, 0.1) is 0 Å². The topological polar surface area (TPSA) is 105 Å². The number of amides is 1. The van der Waals surface area contributed by atoms with Crippen LogP contribution in [-0.4, -0.2) is 56.2 Å². The van der Waals surface area contributed by atoms with E-state index in [-0.39, 0.29) is 5.76 Å². The standard InChI is InChI=1S/C23H33N5O3/c1-25-23(27-16-20-8-9-21(31-20)22(24)29)26-12-5-15-30-19-10-13-28(14-11-19)17-18-6-3-2-4-7-18/h2-4,6-9,19H,5,10-17H2,1H3,(H2,24,29)(H2,25,26,27). The van der Waals surface area contributed by atoms with Crippen LogP contribution in [0.4, 0.5) is 0 Å². The average molecular weight is 428 g/mol. The van der Waals surface area contributed by atoms with Crippen LogP contribution in [0.15, 0.2) is 51.9 Å². The number of ether oxygens (including phenoxy) is 1. The van der Waals surface area contributed by atoms with Gasteiger partial charge in [0.15, 0.2) is 11.7 Å². The third-order valence-electron chi connectivity index (χ3n) is 5.31. The van der Waals surface area contributed by atoms with Crippen LogP contribution >= 0.6 is 0 Å². The molecule has 1 aromatic heterocycles. The Balaban J connectivity index is 1.24. The van der Waals surface area contributed by atoms with E-state index in [9.17, 15) is 4.79 Å². The van der Waals surface area contributed by atoms with Gasteiger partial charge in [0.1, 0.15) is 5.76 Å². The number of primary amides is 1. The van der Waals surface area contributed by atoms with Crippen molar-refractivity contribution in [3.63, 3.8) is 0 Å². The number of guanidine groups is 1. The molecule has 4 N–H and O–H groups in total. The molecule has 1 saturated heterocycles. The Kier molecular flexibility index (Phi) is 8.93. The number of nitrogens with one attached hydrogen (secondary N) is 2. The lowest BCUT2D eigenvalue weighted by Crippen LogP contribution is -2.38. The van der Waals surface area contributed by atoms with E-state index in [1.807, 2.05) is 0 Å². The van der Waals surface area contributed by atoms with Crippen LogP contribution in [0.5, 0.6) is 0 Å². The zero-order chi connectivity index (χ0) is 21.9. The van der Waals surface area contributed by atoms with Crippen LogP contribution in [0.2, 0.25) is 0 Å². The molecule has 0 radical (unpaired) electrons. The smallest absolute Gasteiger partial charge is 0.284 e. The summed E-state index contributed by atoms with van der Waals surface area (Å²) < 4.78 is 11.4. The molecule has 0 saturated carbocycles. The lowest BCUT2D eigenvalue weighted by atomic mass is 10.1. The second-order valence-electron chi connectivity index (χ2n) is 7.67. The number of aliphatic imine (C=N–C) groups is 1. The Morgan fingerprint density at radius 1 is 1.19 bits per heavy atom. The van der Waals surface area contributed by atoms with Gasteiger partial charge in [0, 0.05) is 39.8 Å². The van der Waals surface area contributed by atoms with Gasteiger partial charge in [-0.1, -0.05) is 30.3 Å². The fourth-order valence-corrected chi connectivity index (χ4v) is 3.60. The number of piperidine rings is 1. The van der Waals surface area contributed by atoms with Crippen LogP contribution in [-0.2, 0) is 17.8 Å². The molecule has 2 aromatic rings. The highest BCUT2D eigenvalue weighted by molar-refractivity contribution is 5.89. The molecule has 1 aliphatic rings. The summed E-state index contributed by atoms with van der Waals surface area (Å²) in [5.74, 6) is 0.878. The molecule has 3 rings (SSSR count). The van der Waals surface area contributed by atoms with Gasteiger partial charge >= 0.3 is 0 Å². The van der Waals surface area contributed by atoms with Crippen molar-refractivity contribution in [1.29, 1.82) is 0 Å². The number of carbonyl (C=O) groups is 1. The lowest BCUT2D eigenvalue weighted by Gasteiger charge is -2.32. The summed E-state index contributed by atoms with van der Waals surface area (Å²) in [4.78, 5) is 17.8. The molecular formula is C23H33N5O3. The number of carbonyl (C=O) groups excluding carboxylic acids is 1. The van der Waals surface area contributed by atoms with Crippen LogP contribution in [0.3, 0.4) is 0 Å². The van der Waals surface area contributed by atoms with Crippen molar-refractivity contribution >= 4 is 11.9 Å². The number of nitrogens with two attached hydrogens (primary N) is 1. The maximum absolute atomic E-state index is 11.1. The fraction of sp³-hybridized carbons (Fsp3) is 0.478. The number of rotatable bonds is 10. The SMILES string of the molecule is CN=C(NCCCOC1CCN(Cc2ccccc2)CC1)NCc1ccc(C(N)=O)o1. The maximum Gasteiger partial charge on any atom is 0.284 e. The first-order valence-electron chi connectivity index (χ1n) is 10.8. The molecule has 0 aliphatic carbocycles. The second-order valence-corrected chi connectivity index (χ2v) is 7.67. The molecule has 2 heterocycles. The van der Waals surface area contributed by atoms with Gasteiger partial charge in [-0.15, -0.1) is 0 Å². The predicted molar refractivity (Wildman–Crippen MR) is 121 cm³/mol. The van der Waals surface area contributed by atoms with Crippen molar-refractivity contribution in [3.8, 4) is 0 Å². The highest BCUT2D eigenvalue weighted by Crippen LogP contribution is 2.16. The molecule has 0 bridgehead atoms. The highest BCUT2D eigenvalue weighted by atomic mass is 16.5. The normalized spacial score (nSPS) is 15.7. The quantitative estimate of drug-likeness (QED) is 0.305. The maximum atomic E-state index is 11.1. The van der Waals surface area contributed by atoms with E-state index in [2.05, 4.69) is 50.9 Å². The first kappa shape index (κ1) is 22.8. The summed E-state index contributed by atoms with van der Waals surface area (Å²) in [5.41, 5.74) is 6.56. The largest absolute Gasteiger partial charge is 0.454 e. The molecular weight excluding hydrogens is 394 g/mol. The van der Waals surface area contributed by atoms with E-state index in [1.54, 1.807) is 19.2 Å². The lowest BCUT2D eigenvalue weighted by molar-refractivity contribution is 0.00534. The summed E-state index contributed by atoms with van der Waals surface area (Å²) in [7, 11) is 1.71. The fourth-order valence-electron chi connectivity index (χ4n) is 3.60. The highest BCUT2D eigenvalue weighted by Gasteiger charge is 2.19. The summed E-state index contributed by atoms with van der Waals surface area (Å²) in [6.07, 6.45) is 3.42. The minimum Gasteiger partial charge on any atom is -0.454 e. The van der Waals surface area contributed by atoms with Gasteiger partial charge in [0.2, 0.25) is 0 Å². The van der Waals surface area contributed by atoms with Gasteiger partial charge in [-0.3, -0.25) is 14.7 Å². The van der Waals surface area contributed by atoms with Crippen molar-refractivity contribution in [2.75, 3.05) is 33.3 Å². The average Bonchev–Trinajstić information content (AvgIpc) is 3.27. The molecule has 168 valence electrons.